The van der Waals surface area contributed by atoms with Gasteiger partial charge in [0.15, 0.2) is 10.7 Å². The fourth-order valence-electron chi connectivity index (χ4n) is 2.26. The lowest BCUT2D eigenvalue weighted by Crippen LogP contribution is -1.90. The molecule has 0 spiro atoms. The number of aryl methyl sites for hydroxylation is 1. The molecule has 4 nitrogen and oxygen atoms in total. The molecule has 0 aliphatic heterocycles. The molecule has 0 aliphatic rings. The average molecular weight is 322 g/mol. The van der Waals surface area contributed by atoms with Gasteiger partial charge in [-0.2, -0.15) is 14.9 Å². The SMILES string of the molecule is Cc1ccc(-c2nc3sc(-c4cccs4)nn3c2C#N)cc1. The summed E-state index contributed by atoms with van der Waals surface area (Å²) in [6.07, 6.45) is 0. The Balaban J connectivity index is 1.89. The van der Waals surface area contributed by atoms with E-state index in [0.29, 0.717) is 11.4 Å². The van der Waals surface area contributed by atoms with E-state index in [-0.39, 0.29) is 0 Å². The second-order valence-electron chi connectivity index (χ2n) is 4.87. The fourth-order valence-corrected chi connectivity index (χ4v) is 3.95. The number of nitriles is 1. The van der Waals surface area contributed by atoms with Gasteiger partial charge < -0.3 is 0 Å². The molecule has 0 saturated carbocycles. The maximum Gasteiger partial charge on any atom is 0.214 e. The number of hydrogen-bond acceptors (Lipinski definition) is 5. The average Bonchev–Trinajstić information content (AvgIpc) is 3.22. The van der Waals surface area contributed by atoms with E-state index in [1.165, 1.54) is 16.9 Å². The van der Waals surface area contributed by atoms with Crippen LogP contribution >= 0.6 is 22.7 Å². The Hall–Kier alpha value is -2.49. The second-order valence-corrected chi connectivity index (χ2v) is 6.77. The number of benzene rings is 1. The number of thiophene rings is 1. The van der Waals surface area contributed by atoms with Crippen LogP contribution in [0.3, 0.4) is 0 Å². The summed E-state index contributed by atoms with van der Waals surface area (Å²) in [5.41, 5.74) is 3.30. The van der Waals surface area contributed by atoms with E-state index >= 15 is 0 Å². The van der Waals surface area contributed by atoms with Gasteiger partial charge in [-0.3, -0.25) is 0 Å². The minimum atomic E-state index is 0.484. The Morgan fingerprint density at radius 1 is 1.18 bits per heavy atom. The molecule has 3 aromatic heterocycles. The first-order chi connectivity index (χ1) is 10.8. The molecule has 22 heavy (non-hydrogen) atoms. The molecule has 4 aromatic rings. The summed E-state index contributed by atoms with van der Waals surface area (Å²) in [6, 6.07) is 14.3. The predicted molar refractivity (Wildman–Crippen MR) is 89.1 cm³/mol. The van der Waals surface area contributed by atoms with Crippen molar-refractivity contribution in [2.75, 3.05) is 0 Å². The normalized spacial score (nSPS) is 10.9. The molecule has 0 amide bonds. The van der Waals surface area contributed by atoms with Crippen LogP contribution in [-0.4, -0.2) is 14.6 Å². The number of rotatable bonds is 2. The Labute approximate surface area is 134 Å². The van der Waals surface area contributed by atoms with Crippen molar-refractivity contribution in [1.29, 1.82) is 5.26 Å². The summed E-state index contributed by atoms with van der Waals surface area (Å²) in [7, 11) is 0. The summed E-state index contributed by atoms with van der Waals surface area (Å²) < 4.78 is 1.65. The van der Waals surface area contributed by atoms with Crippen molar-refractivity contribution in [2.45, 2.75) is 6.92 Å². The molecular weight excluding hydrogens is 312 g/mol. The third-order valence-corrected chi connectivity index (χ3v) is 5.31. The van der Waals surface area contributed by atoms with Crippen molar-refractivity contribution in [1.82, 2.24) is 14.6 Å². The van der Waals surface area contributed by atoms with E-state index in [4.69, 9.17) is 0 Å². The summed E-state index contributed by atoms with van der Waals surface area (Å²) in [5, 5.41) is 17.0. The largest absolute Gasteiger partial charge is 0.216 e. The summed E-state index contributed by atoms with van der Waals surface area (Å²) in [5.74, 6) is 0. The molecule has 0 fully saturated rings. The minimum Gasteiger partial charge on any atom is -0.216 e. The molecule has 0 saturated heterocycles. The molecular formula is C16H10N4S2. The first-order valence-electron chi connectivity index (χ1n) is 6.67. The Morgan fingerprint density at radius 2 is 2.00 bits per heavy atom. The minimum absolute atomic E-state index is 0.484. The first-order valence-corrected chi connectivity index (χ1v) is 8.36. The number of nitrogens with zero attached hydrogens (tertiary/aromatic N) is 4. The van der Waals surface area contributed by atoms with Crippen LogP contribution in [-0.2, 0) is 0 Å². The summed E-state index contributed by atoms with van der Waals surface area (Å²) in [4.78, 5) is 6.45. The van der Waals surface area contributed by atoms with Gasteiger partial charge in [-0.05, 0) is 18.4 Å². The van der Waals surface area contributed by atoms with Crippen LogP contribution in [0.1, 0.15) is 11.3 Å². The van der Waals surface area contributed by atoms with Crippen molar-refractivity contribution >= 4 is 27.6 Å². The highest BCUT2D eigenvalue weighted by molar-refractivity contribution is 7.23. The monoisotopic (exact) mass is 322 g/mol. The molecule has 106 valence electrons. The van der Waals surface area contributed by atoms with Crippen LogP contribution in [0.2, 0.25) is 0 Å². The van der Waals surface area contributed by atoms with E-state index in [1.54, 1.807) is 15.9 Å². The summed E-state index contributed by atoms with van der Waals surface area (Å²) >= 11 is 3.14. The number of hydrogen-bond donors (Lipinski definition) is 0. The van der Waals surface area contributed by atoms with Gasteiger partial charge >= 0.3 is 0 Å². The molecule has 0 N–H and O–H groups in total. The van der Waals surface area contributed by atoms with Gasteiger partial charge in [0.1, 0.15) is 11.8 Å². The molecule has 4 rings (SSSR count). The van der Waals surface area contributed by atoms with Gasteiger partial charge in [0.25, 0.3) is 0 Å². The second kappa shape index (κ2) is 5.05. The van der Waals surface area contributed by atoms with E-state index in [2.05, 4.69) is 16.2 Å². The number of aromatic nitrogens is 3. The van der Waals surface area contributed by atoms with Crippen LogP contribution < -0.4 is 0 Å². The Kier molecular flexibility index (Phi) is 3.03. The molecule has 0 aliphatic carbocycles. The van der Waals surface area contributed by atoms with Gasteiger partial charge in [-0.25, -0.2) is 4.98 Å². The van der Waals surface area contributed by atoms with Crippen molar-refractivity contribution in [3.8, 4) is 27.2 Å². The van der Waals surface area contributed by atoms with E-state index in [1.807, 2.05) is 48.7 Å². The molecule has 6 heteroatoms. The molecule has 0 atom stereocenters. The first kappa shape index (κ1) is 13.2. The van der Waals surface area contributed by atoms with Gasteiger partial charge in [-0.15, -0.1) is 11.3 Å². The van der Waals surface area contributed by atoms with Crippen LogP contribution in [0.25, 0.3) is 26.1 Å². The van der Waals surface area contributed by atoms with Crippen molar-refractivity contribution in [2.24, 2.45) is 0 Å². The van der Waals surface area contributed by atoms with E-state index < -0.39 is 0 Å². The molecule has 0 bridgehead atoms. The quantitative estimate of drug-likeness (QED) is 0.551. The standard InChI is InChI=1S/C16H10N4S2/c1-10-4-6-11(7-5-10)14-12(9-17)20-16(18-14)22-15(19-20)13-3-2-8-21-13/h2-8H,1H3. The Bertz CT molecular complexity index is 986. The lowest BCUT2D eigenvalue weighted by molar-refractivity contribution is 0.962. The third-order valence-electron chi connectivity index (χ3n) is 3.37. The Morgan fingerprint density at radius 3 is 2.68 bits per heavy atom. The highest BCUT2D eigenvalue weighted by Crippen LogP contribution is 2.32. The van der Waals surface area contributed by atoms with Gasteiger partial charge in [0, 0.05) is 5.56 Å². The van der Waals surface area contributed by atoms with Crippen molar-refractivity contribution < 1.29 is 0 Å². The molecule has 3 heterocycles. The van der Waals surface area contributed by atoms with Crippen LogP contribution in [0.5, 0.6) is 0 Å². The van der Waals surface area contributed by atoms with Gasteiger partial charge in [-0.1, -0.05) is 47.2 Å². The van der Waals surface area contributed by atoms with Gasteiger partial charge in [0.2, 0.25) is 4.96 Å². The van der Waals surface area contributed by atoms with Gasteiger partial charge in [0.05, 0.1) is 4.88 Å². The lowest BCUT2D eigenvalue weighted by atomic mass is 10.1. The zero-order chi connectivity index (χ0) is 15.1. The number of imidazole rings is 1. The summed E-state index contributed by atoms with van der Waals surface area (Å²) in [6.45, 7) is 2.04. The fraction of sp³-hybridized carbons (Fsp3) is 0.0625. The van der Waals surface area contributed by atoms with Crippen LogP contribution in [0.15, 0.2) is 41.8 Å². The topological polar surface area (TPSA) is 54.0 Å². The third kappa shape index (κ3) is 2.03. The maximum absolute atomic E-state index is 9.52. The highest BCUT2D eigenvalue weighted by atomic mass is 32.1. The molecule has 1 aromatic carbocycles. The predicted octanol–water partition coefficient (Wildman–Crippen LogP) is 4.37. The van der Waals surface area contributed by atoms with Crippen LogP contribution in [0.4, 0.5) is 0 Å². The molecule has 0 radical (unpaired) electrons. The zero-order valence-corrected chi connectivity index (χ0v) is 13.3. The van der Waals surface area contributed by atoms with Crippen molar-refractivity contribution in [3.05, 3.63) is 53.0 Å². The van der Waals surface area contributed by atoms with E-state index in [0.717, 1.165) is 20.4 Å². The van der Waals surface area contributed by atoms with E-state index in [9.17, 15) is 5.26 Å². The highest BCUT2D eigenvalue weighted by Gasteiger charge is 2.18. The maximum atomic E-state index is 9.52. The zero-order valence-electron chi connectivity index (χ0n) is 11.6. The van der Waals surface area contributed by atoms with Crippen molar-refractivity contribution in [3.63, 3.8) is 0 Å². The smallest absolute Gasteiger partial charge is 0.214 e. The number of fused-ring (bicyclic) bond motifs is 1. The lowest BCUT2D eigenvalue weighted by Gasteiger charge is -1.98. The van der Waals surface area contributed by atoms with Crippen LogP contribution in [0, 0.1) is 18.3 Å². The molecule has 0 unspecified atom stereocenters.